The van der Waals surface area contributed by atoms with Gasteiger partial charge in [0, 0.05) is 19.1 Å². The molecule has 1 N–H and O–H groups in total. The molecule has 0 saturated carbocycles. The van der Waals surface area contributed by atoms with E-state index >= 15 is 0 Å². The fraction of sp³-hybridized carbons (Fsp3) is 0.556. The summed E-state index contributed by atoms with van der Waals surface area (Å²) in [6, 6.07) is 9.87. The number of nitrogens with zero attached hydrogens (tertiary/aromatic N) is 2. The van der Waals surface area contributed by atoms with E-state index in [1.54, 1.807) is 11.9 Å². The van der Waals surface area contributed by atoms with E-state index in [2.05, 4.69) is 5.32 Å². The Kier molecular flexibility index (Phi) is 7.23. The van der Waals surface area contributed by atoms with Gasteiger partial charge >= 0.3 is 0 Å². The van der Waals surface area contributed by atoms with Crippen LogP contribution in [0.15, 0.2) is 30.3 Å². The van der Waals surface area contributed by atoms with Crippen LogP contribution < -0.4 is 5.32 Å². The topological polar surface area (TPSA) is 52.7 Å². The van der Waals surface area contributed by atoms with E-state index in [1.807, 2.05) is 62.9 Å². The Morgan fingerprint density at radius 1 is 1.09 bits per heavy atom. The van der Waals surface area contributed by atoms with Crippen molar-refractivity contribution < 1.29 is 9.59 Å². The lowest BCUT2D eigenvalue weighted by Crippen LogP contribution is -2.48. The van der Waals surface area contributed by atoms with Crippen LogP contribution in [0.3, 0.4) is 0 Å². The van der Waals surface area contributed by atoms with Crippen LogP contribution in [0.5, 0.6) is 0 Å². The van der Waals surface area contributed by atoms with Gasteiger partial charge < -0.3 is 10.2 Å². The molecule has 0 aliphatic carbocycles. The number of amides is 2. The molecule has 0 bridgehead atoms. The Hall–Kier alpha value is -1.88. The Bertz CT molecular complexity index is 509. The summed E-state index contributed by atoms with van der Waals surface area (Å²) >= 11 is 0. The third kappa shape index (κ3) is 7.79. The molecule has 0 spiro atoms. The van der Waals surface area contributed by atoms with Crippen molar-refractivity contribution in [1.29, 1.82) is 0 Å². The van der Waals surface area contributed by atoms with Gasteiger partial charge in [0.25, 0.3) is 0 Å². The number of hydrogen-bond donors (Lipinski definition) is 1. The normalized spacial score (nSPS) is 11.4. The molecule has 0 heterocycles. The van der Waals surface area contributed by atoms with Crippen molar-refractivity contribution in [2.75, 3.05) is 26.7 Å². The van der Waals surface area contributed by atoms with Gasteiger partial charge in [0.2, 0.25) is 11.8 Å². The third-order valence-electron chi connectivity index (χ3n) is 3.38. The summed E-state index contributed by atoms with van der Waals surface area (Å²) < 4.78 is 0. The second kappa shape index (κ2) is 8.67. The molecular weight excluding hydrogens is 290 g/mol. The molecular formula is C18H29N3O2. The standard InChI is InChI=1S/C18H29N3O2/c1-6-21(13-16(22)19-18(2,3)4)14-17(23)20(5)12-15-10-8-7-9-11-15/h7-11H,6,12-14H2,1-5H3,(H,19,22). The summed E-state index contributed by atoms with van der Waals surface area (Å²) in [6.45, 7) is 9.50. The highest BCUT2D eigenvalue weighted by atomic mass is 16.2. The molecule has 0 aliphatic heterocycles. The van der Waals surface area contributed by atoms with Crippen molar-refractivity contribution in [2.45, 2.75) is 39.8 Å². The highest BCUT2D eigenvalue weighted by Crippen LogP contribution is 2.04. The lowest BCUT2D eigenvalue weighted by Gasteiger charge is -2.26. The molecule has 1 aromatic carbocycles. The highest BCUT2D eigenvalue weighted by Gasteiger charge is 2.19. The van der Waals surface area contributed by atoms with Crippen LogP contribution in [0.4, 0.5) is 0 Å². The summed E-state index contributed by atoms with van der Waals surface area (Å²) in [4.78, 5) is 27.9. The molecule has 5 nitrogen and oxygen atoms in total. The molecule has 1 rings (SSSR count). The molecule has 0 aliphatic rings. The van der Waals surface area contributed by atoms with Crippen molar-refractivity contribution >= 4 is 11.8 Å². The van der Waals surface area contributed by atoms with Crippen molar-refractivity contribution in [3.8, 4) is 0 Å². The van der Waals surface area contributed by atoms with E-state index in [0.29, 0.717) is 13.1 Å². The van der Waals surface area contributed by atoms with Crippen LogP contribution in [-0.4, -0.2) is 53.8 Å². The van der Waals surface area contributed by atoms with Crippen LogP contribution in [-0.2, 0) is 16.1 Å². The molecule has 0 radical (unpaired) electrons. The van der Waals surface area contributed by atoms with Crippen molar-refractivity contribution in [3.63, 3.8) is 0 Å². The number of hydrogen-bond acceptors (Lipinski definition) is 3. The monoisotopic (exact) mass is 319 g/mol. The molecule has 0 aromatic heterocycles. The van der Waals surface area contributed by atoms with Crippen molar-refractivity contribution in [2.24, 2.45) is 0 Å². The first-order valence-electron chi connectivity index (χ1n) is 8.02. The van der Waals surface area contributed by atoms with Crippen LogP contribution in [0.2, 0.25) is 0 Å². The molecule has 0 unspecified atom stereocenters. The van der Waals surface area contributed by atoms with Gasteiger partial charge in [0.05, 0.1) is 13.1 Å². The van der Waals surface area contributed by atoms with Gasteiger partial charge in [0.1, 0.15) is 0 Å². The van der Waals surface area contributed by atoms with Gasteiger partial charge in [-0.05, 0) is 32.9 Å². The second-order valence-electron chi connectivity index (χ2n) is 6.84. The summed E-state index contributed by atoms with van der Waals surface area (Å²) in [5.41, 5.74) is 0.835. The zero-order chi connectivity index (χ0) is 17.5. The van der Waals surface area contributed by atoms with Gasteiger partial charge in [0.15, 0.2) is 0 Å². The van der Waals surface area contributed by atoms with E-state index in [1.165, 1.54) is 0 Å². The van der Waals surface area contributed by atoms with Gasteiger partial charge in [-0.1, -0.05) is 37.3 Å². The SMILES string of the molecule is CCN(CC(=O)NC(C)(C)C)CC(=O)N(C)Cc1ccccc1. The number of carbonyl (C=O) groups excluding carboxylic acids is 2. The average Bonchev–Trinajstić information content (AvgIpc) is 2.45. The number of rotatable bonds is 7. The summed E-state index contributed by atoms with van der Waals surface area (Å²) in [7, 11) is 1.79. The van der Waals surface area contributed by atoms with Gasteiger partial charge in [-0.25, -0.2) is 0 Å². The van der Waals surface area contributed by atoms with E-state index in [-0.39, 0.29) is 30.4 Å². The second-order valence-corrected chi connectivity index (χ2v) is 6.84. The fourth-order valence-electron chi connectivity index (χ4n) is 2.20. The Balaban J connectivity index is 2.50. The summed E-state index contributed by atoms with van der Waals surface area (Å²) in [5, 5.41) is 2.92. The molecule has 0 saturated heterocycles. The first kappa shape index (κ1) is 19.2. The average molecular weight is 319 g/mol. The van der Waals surface area contributed by atoms with Gasteiger partial charge in [-0.2, -0.15) is 0 Å². The maximum Gasteiger partial charge on any atom is 0.236 e. The van der Waals surface area contributed by atoms with Crippen LogP contribution in [0.1, 0.15) is 33.3 Å². The lowest BCUT2D eigenvalue weighted by molar-refractivity contribution is -0.132. The summed E-state index contributed by atoms with van der Waals surface area (Å²) in [6.07, 6.45) is 0. The van der Waals surface area contributed by atoms with E-state index < -0.39 is 0 Å². The number of likely N-dealkylation sites (N-methyl/N-ethyl adjacent to an activating group) is 2. The van der Waals surface area contributed by atoms with Crippen LogP contribution in [0.25, 0.3) is 0 Å². The Morgan fingerprint density at radius 3 is 2.22 bits per heavy atom. The number of carbonyl (C=O) groups is 2. The molecule has 0 fully saturated rings. The third-order valence-corrected chi connectivity index (χ3v) is 3.38. The zero-order valence-corrected chi connectivity index (χ0v) is 14.9. The van der Waals surface area contributed by atoms with E-state index in [9.17, 15) is 9.59 Å². The highest BCUT2D eigenvalue weighted by molar-refractivity contribution is 5.81. The summed E-state index contributed by atoms with van der Waals surface area (Å²) in [5.74, 6) is -0.0443. The molecule has 2 amide bonds. The quantitative estimate of drug-likeness (QED) is 0.835. The lowest BCUT2D eigenvalue weighted by atomic mass is 10.1. The number of benzene rings is 1. The molecule has 0 atom stereocenters. The first-order chi connectivity index (χ1) is 10.7. The van der Waals surface area contributed by atoms with Crippen molar-refractivity contribution in [3.05, 3.63) is 35.9 Å². The maximum absolute atomic E-state index is 12.3. The minimum Gasteiger partial charge on any atom is -0.350 e. The molecule has 1 aromatic rings. The first-order valence-corrected chi connectivity index (χ1v) is 8.02. The number of nitrogens with one attached hydrogen (secondary N) is 1. The van der Waals surface area contributed by atoms with Crippen LogP contribution >= 0.6 is 0 Å². The minimum atomic E-state index is -0.259. The van der Waals surface area contributed by atoms with E-state index in [0.717, 1.165) is 5.56 Å². The van der Waals surface area contributed by atoms with E-state index in [4.69, 9.17) is 0 Å². The maximum atomic E-state index is 12.3. The Labute approximate surface area is 139 Å². The zero-order valence-electron chi connectivity index (χ0n) is 14.9. The molecule has 23 heavy (non-hydrogen) atoms. The predicted molar refractivity (Wildman–Crippen MR) is 92.9 cm³/mol. The fourth-order valence-corrected chi connectivity index (χ4v) is 2.20. The molecule has 5 heteroatoms. The smallest absolute Gasteiger partial charge is 0.236 e. The van der Waals surface area contributed by atoms with Gasteiger partial charge in [-0.3, -0.25) is 14.5 Å². The molecule has 128 valence electrons. The Morgan fingerprint density at radius 2 is 1.70 bits per heavy atom. The van der Waals surface area contributed by atoms with Crippen LogP contribution in [0, 0.1) is 0 Å². The van der Waals surface area contributed by atoms with Crippen molar-refractivity contribution in [1.82, 2.24) is 15.1 Å². The van der Waals surface area contributed by atoms with Gasteiger partial charge in [-0.15, -0.1) is 0 Å². The minimum absolute atomic E-state index is 0.0132. The largest absolute Gasteiger partial charge is 0.350 e. The predicted octanol–water partition coefficient (Wildman–Crippen LogP) is 1.88.